The van der Waals surface area contributed by atoms with Gasteiger partial charge in [0.05, 0.1) is 12.1 Å². The average Bonchev–Trinajstić information content (AvgIpc) is 2.93. The van der Waals surface area contributed by atoms with Gasteiger partial charge in [-0.15, -0.1) is 0 Å². The van der Waals surface area contributed by atoms with Crippen LogP contribution in [0.3, 0.4) is 0 Å². The van der Waals surface area contributed by atoms with E-state index in [4.69, 9.17) is 5.11 Å². The van der Waals surface area contributed by atoms with Gasteiger partial charge in [-0.2, -0.15) is 0 Å². The number of carbonyl (C=O) groups is 2. The highest BCUT2D eigenvalue weighted by Crippen LogP contribution is 2.18. The Balaban J connectivity index is 1.92. The second kappa shape index (κ2) is 5.25. The fraction of sp³-hybridized carbons (Fsp3) is 0.0588. The first kappa shape index (κ1) is 13.1. The van der Waals surface area contributed by atoms with Crippen molar-refractivity contribution in [1.29, 1.82) is 0 Å². The van der Waals surface area contributed by atoms with Crippen LogP contribution in [-0.2, 0) is 11.2 Å². The number of carbonyl (C=O) groups excluding carboxylic acids is 1. The van der Waals surface area contributed by atoms with Gasteiger partial charge in [0.2, 0.25) is 5.78 Å². The molecule has 0 saturated carbocycles. The number of hydrogen-bond acceptors (Lipinski definition) is 2. The molecule has 2 N–H and O–H groups in total. The Bertz CT molecular complexity index is 833. The van der Waals surface area contributed by atoms with Crippen molar-refractivity contribution < 1.29 is 14.7 Å². The number of ketones is 1. The van der Waals surface area contributed by atoms with Gasteiger partial charge in [0.25, 0.3) is 0 Å². The van der Waals surface area contributed by atoms with Gasteiger partial charge >= 0.3 is 5.97 Å². The van der Waals surface area contributed by atoms with E-state index < -0.39 is 5.97 Å². The number of rotatable bonds is 4. The molecule has 4 nitrogen and oxygen atoms in total. The molecule has 0 aliphatic heterocycles. The quantitative estimate of drug-likeness (QED) is 0.721. The monoisotopic (exact) mass is 279 g/mol. The van der Waals surface area contributed by atoms with Crippen LogP contribution in [0.2, 0.25) is 0 Å². The Morgan fingerprint density at radius 3 is 2.48 bits per heavy atom. The smallest absolute Gasteiger partial charge is 0.309 e. The van der Waals surface area contributed by atoms with Crippen molar-refractivity contribution in [2.75, 3.05) is 0 Å². The lowest BCUT2D eigenvalue weighted by Crippen LogP contribution is -2.04. The van der Waals surface area contributed by atoms with Crippen LogP contribution >= 0.6 is 0 Å². The van der Waals surface area contributed by atoms with Gasteiger partial charge in [-0.3, -0.25) is 9.59 Å². The summed E-state index contributed by atoms with van der Waals surface area (Å²) in [7, 11) is 0. The lowest BCUT2D eigenvalue weighted by atomic mass is 10.0. The first-order valence-corrected chi connectivity index (χ1v) is 6.57. The van der Waals surface area contributed by atoms with Gasteiger partial charge < -0.3 is 10.1 Å². The van der Waals surface area contributed by atoms with Crippen molar-refractivity contribution in [2.24, 2.45) is 0 Å². The average molecular weight is 279 g/mol. The topological polar surface area (TPSA) is 70.2 Å². The third kappa shape index (κ3) is 2.69. The molecule has 0 fully saturated rings. The van der Waals surface area contributed by atoms with E-state index in [0.717, 1.165) is 10.8 Å². The molecule has 0 radical (unpaired) electrons. The molecule has 3 aromatic rings. The predicted molar refractivity (Wildman–Crippen MR) is 79.5 cm³/mol. The van der Waals surface area contributed by atoms with E-state index in [1.807, 2.05) is 36.4 Å². The van der Waals surface area contributed by atoms with Gasteiger partial charge in [0.15, 0.2) is 0 Å². The lowest BCUT2D eigenvalue weighted by Gasteiger charge is -2.02. The molecule has 0 aliphatic carbocycles. The van der Waals surface area contributed by atoms with Crippen molar-refractivity contribution in [3.63, 3.8) is 0 Å². The maximum atomic E-state index is 12.4. The van der Waals surface area contributed by atoms with Crippen LogP contribution in [0.1, 0.15) is 21.7 Å². The number of hydrogen-bond donors (Lipinski definition) is 2. The van der Waals surface area contributed by atoms with E-state index in [0.29, 0.717) is 17.0 Å². The van der Waals surface area contributed by atoms with E-state index >= 15 is 0 Å². The van der Waals surface area contributed by atoms with Gasteiger partial charge in [-0.1, -0.05) is 36.4 Å². The van der Waals surface area contributed by atoms with Crippen molar-refractivity contribution >= 4 is 22.5 Å². The van der Waals surface area contributed by atoms with E-state index in [9.17, 15) is 9.59 Å². The summed E-state index contributed by atoms with van der Waals surface area (Å²) >= 11 is 0. The molecule has 0 unspecified atom stereocenters. The van der Waals surface area contributed by atoms with E-state index in [-0.39, 0.29) is 12.2 Å². The number of H-pyrrole nitrogens is 1. The van der Waals surface area contributed by atoms with Crippen LogP contribution in [0.4, 0.5) is 0 Å². The summed E-state index contributed by atoms with van der Waals surface area (Å²) in [6, 6.07) is 16.6. The standard InChI is InChI=1S/C17H13NO3/c19-16(20)10-14-7-8-15(18-14)17(21)13-6-5-11-3-1-2-4-12(11)9-13/h1-9,18H,10H2,(H,19,20). The molecule has 21 heavy (non-hydrogen) atoms. The van der Waals surface area contributed by atoms with Crippen LogP contribution in [0.5, 0.6) is 0 Å². The highest BCUT2D eigenvalue weighted by molar-refractivity contribution is 6.09. The zero-order valence-corrected chi connectivity index (χ0v) is 11.2. The number of carboxylic acid groups (broad SMARTS) is 1. The van der Waals surface area contributed by atoms with E-state index in [1.54, 1.807) is 18.2 Å². The maximum absolute atomic E-state index is 12.4. The Morgan fingerprint density at radius 1 is 0.952 bits per heavy atom. The van der Waals surface area contributed by atoms with Gasteiger partial charge in [0, 0.05) is 11.3 Å². The Kier molecular flexibility index (Phi) is 3.28. The van der Waals surface area contributed by atoms with Gasteiger partial charge in [-0.05, 0) is 29.0 Å². The van der Waals surface area contributed by atoms with E-state index in [2.05, 4.69) is 4.98 Å². The van der Waals surface area contributed by atoms with Crippen LogP contribution in [-0.4, -0.2) is 21.8 Å². The minimum Gasteiger partial charge on any atom is -0.481 e. The number of aliphatic carboxylic acids is 1. The minimum atomic E-state index is -0.929. The van der Waals surface area contributed by atoms with Crippen LogP contribution in [0.25, 0.3) is 10.8 Å². The molecular formula is C17H13NO3. The maximum Gasteiger partial charge on any atom is 0.309 e. The Morgan fingerprint density at radius 2 is 1.71 bits per heavy atom. The first-order chi connectivity index (χ1) is 10.1. The van der Waals surface area contributed by atoms with Crippen molar-refractivity contribution in [3.05, 3.63) is 71.5 Å². The molecule has 0 aliphatic rings. The Labute approximate surface area is 121 Å². The van der Waals surface area contributed by atoms with Crippen LogP contribution < -0.4 is 0 Å². The number of aromatic amines is 1. The summed E-state index contributed by atoms with van der Waals surface area (Å²) in [6.07, 6.45) is -0.120. The highest BCUT2D eigenvalue weighted by Gasteiger charge is 2.12. The zero-order chi connectivity index (χ0) is 14.8. The first-order valence-electron chi connectivity index (χ1n) is 6.57. The molecule has 0 amide bonds. The SMILES string of the molecule is O=C(O)Cc1ccc(C(=O)c2ccc3ccccc3c2)[nH]1. The summed E-state index contributed by atoms with van der Waals surface area (Å²) in [5.74, 6) is -1.07. The third-order valence-corrected chi connectivity index (χ3v) is 3.34. The third-order valence-electron chi connectivity index (χ3n) is 3.34. The van der Waals surface area contributed by atoms with Crippen molar-refractivity contribution in [3.8, 4) is 0 Å². The normalized spacial score (nSPS) is 10.7. The minimum absolute atomic E-state index is 0.120. The zero-order valence-electron chi connectivity index (χ0n) is 11.2. The number of benzene rings is 2. The molecule has 2 aromatic carbocycles. The number of aromatic nitrogens is 1. The summed E-state index contributed by atoms with van der Waals surface area (Å²) in [6.45, 7) is 0. The molecule has 4 heteroatoms. The highest BCUT2D eigenvalue weighted by atomic mass is 16.4. The number of nitrogens with one attached hydrogen (secondary N) is 1. The second-order valence-electron chi connectivity index (χ2n) is 4.86. The fourth-order valence-electron chi connectivity index (χ4n) is 2.32. The van der Waals surface area contributed by atoms with Crippen molar-refractivity contribution in [1.82, 2.24) is 4.98 Å². The Hall–Kier alpha value is -2.88. The molecule has 1 aromatic heterocycles. The molecular weight excluding hydrogens is 266 g/mol. The summed E-state index contributed by atoms with van der Waals surface area (Å²) in [5, 5.41) is 10.8. The second-order valence-corrected chi connectivity index (χ2v) is 4.86. The molecule has 0 bridgehead atoms. The molecule has 104 valence electrons. The summed E-state index contributed by atoms with van der Waals surface area (Å²) < 4.78 is 0. The van der Waals surface area contributed by atoms with Gasteiger partial charge in [0.1, 0.15) is 0 Å². The summed E-state index contributed by atoms with van der Waals surface area (Å²) in [5.41, 5.74) is 1.51. The summed E-state index contributed by atoms with van der Waals surface area (Å²) in [4.78, 5) is 25.9. The van der Waals surface area contributed by atoms with Crippen LogP contribution in [0.15, 0.2) is 54.6 Å². The number of carboxylic acids is 1. The molecule has 0 saturated heterocycles. The molecule has 0 atom stereocenters. The largest absolute Gasteiger partial charge is 0.481 e. The lowest BCUT2D eigenvalue weighted by molar-refractivity contribution is -0.136. The van der Waals surface area contributed by atoms with Crippen LogP contribution in [0, 0.1) is 0 Å². The van der Waals surface area contributed by atoms with E-state index in [1.165, 1.54) is 0 Å². The molecule has 1 heterocycles. The fourth-order valence-corrected chi connectivity index (χ4v) is 2.32. The molecule has 3 rings (SSSR count). The molecule has 0 spiro atoms. The number of fused-ring (bicyclic) bond motifs is 1. The van der Waals surface area contributed by atoms with Gasteiger partial charge in [-0.25, -0.2) is 0 Å². The predicted octanol–water partition coefficient (Wildman–Crippen LogP) is 3.03. The van der Waals surface area contributed by atoms with Crippen molar-refractivity contribution in [2.45, 2.75) is 6.42 Å².